The van der Waals surface area contributed by atoms with Crippen LogP contribution in [0.15, 0.2) is 219 Å². The van der Waals surface area contributed by atoms with E-state index in [9.17, 15) is 0 Å². The van der Waals surface area contributed by atoms with Gasteiger partial charge in [-0.25, -0.2) is 0 Å². The molecule has 4 heteroatoms. The molecule has 10 rings (SSSR count). The number of pyridine rings is 2. The highest BCUT2D eigenvalue weighted by molar-refractivity contribution is 6.20. The Morgan fingerprint density at radius 3 is 1.39 bits per heavy atom. The minimum atomic E-state index is 1.06. The number of para-hydroxylation sites is 1. The van der Waals surface area contributed by atoms with E-state index < -0.39 is 0 Å². The van der Waals surface area contributed by atoms with Crippen LogP contribution < -0.4 is 4.90 Å². The number of aromatic nitrogens is 3. The van der Waals surface area contributed by atoms with E-state index in [1.807, 2.05) is 36.9 Å². The van der Waals surface area contributed by atoms with Crippen molar-refractivity contribution in [3.8, 4) is 50.2 Å². The third-order valence-corrected chi connectivity index (χ3v) is 10.6. The molecule has 0 N–H and O–H groups in total. The van der Waals surface area contributed by atoms with Crippen LogP contribution in [0.1, 0.15) is 0 Å². The molecule has 0 radical (unpaired) electrons. The summed E-state index contributed by atoms with van der Waals surface area (Å²) in [4.78, 5) is 11.1. The lowest BCUT2D eigenvalue weighted by Gasteiger charge is -2.26. The first-order chi connectivity index (χ1) is 27.8. The largest absolute Gasteiger partial charge is 0.310 e. The van der Waals surface area contributed by atoms with Gasteiger partial charge in [-0.05, 0) is 106 Å². The molecule has 3 heterocycles. The highest BCUT2D eigenvalue weighted by Gasteiger charge is 2.22. The van der Waals surface area contributed by atoms with Gasteiger partial charge in [0.15, 0.2) is 0 Å². The minimum absolute atomic E-state index is 1.06. The standard InChI is InChI=1S/C52H36N4/c1-4-12-39(13-5-1)47-29-30-48(40-14-6-2-7-15-40)52-51(47)49-34-46(28-31-50(49)56(52)43-18-8-3-9-19-43)55(44-24-20-37(21-25-44)41-16-10-32-53-35-41)45-26-22-38(23-27-45)42-17-11-33-54-36-42/h1-36H. The quantitative estimate of drug-likeness (QED) is 0.157. The highest BCUT2D eigenvalue weighted by Crippen LogP contribution is 2.46. The molecular formula is C52H36N4. The van der Waals surface area contributed by atoms with Crippen LogP contribution in [-0.4, -0.2) is 14.5 Å². The van der Waals surface area contributed by atoms with Gasteiger partial charge in [0.25, 0.3) is 0 Å². The minimum Gasteiger partial charge on any atom is -0.310 e. The summed E-state index contributed by atoms with van der Waals surface area (Å²) in [5.74, 6) is 0. The fourth-order valence-corrected chi connectivity index (χ4v) is 7.95. The molecule has 0 saturated heterocycles. The van der Waals surface area contributed by atoms with Crippen molar-refractivity contribution in [3.63, 3.8) is 0 Å². The van der Waals surface area contributed by atoms with Crippen molar-refractivity contribution in [3.05, 3.63) is 219 Å². The maximum atomic E-state index is 4.36. The monoisotopic (exact) mass is 716 g/mol. The van der Waals surface area contributed by atoms with Crippen molar-refractivity contribution >= 4 is 38.9 Å². The van der Waals surface area contributed by atoms with E-state index in [0.29, 0.717) is 0 Å². The Kier molecular flexibility index (Phi) is 8.47. The van der Waals surface area contributed by atoms with Crippen LogP contribution in [-0.2, 0) is 0 Å². The molecule has 4 nitrogen and oxygen atoms in total. The number of anilines is 3. The number of fused-ring (bicyclic) bond motifs is 3. The van der Waals surface area contributed by atoms with Crippen LogP contribution >= 0.6 is 0 Å². The molecule has 10 aromatic rings. The van der Waals surface area contributed by atoms with Crippen molar-refractivity contribution < 1.29 is 0 Å². The van der Waals surface area contributed by atoms with Crippen molar-refractivity contribution in [2.45, 2.75) is 0 Å². The number of rotatable bonds is 8. The number of hydrogen-bond donors (Lipinski definition) is 0. The summed E-state index contributed by atoms with van der Waals surface area (Å²) in [5, 5.41) is 2.40. The van der Waals surface area contributed by atoms with Gasteiger partial charge in [0, 0.05) is 63.9 Å². The summed E-state index contributed by atoms with van der Waals surface area (Å²) in [6.45, 7) is 0. The number of hydrogen-bond acceptors (Lipinski definition) is 3. The second-order valence-corrected chi connectivity index (χ2v) is 13.9. The van der Waals surface area contributed by atoms with E-state index in [-0.39, 0.29) is 0 Å². The Labute approximate surface area is 326 Å². The predicted molar refractivity (Wildman–Crippen MR) is 233 cm³/mol. The van der Waals surface area contributed by atoms with Crippen molar-refractivity contribution in [1.29, 1.82) is 0 Å². The number of benzene rings is 7. The van der Waals surface area contributed by atoms with Gasteiger partial charge in [0.1, 0.15) is 0 Å². The predicted octanol–water partition coefficient (Wildman–Crippen LogP) is 13.7. The van der Waals surface area contributed by atoms with Crippen LogP contribution in [0.3, 0.4) is 0 Å². The third kappa shape index (κ3) is 6.00. The van der Waals surface area contributed by atoms with E-state index in [1.165, 1.54) is 38.5 Å². The van der Waals surface area contributed by atoms with Crippen molar-refractivity contribution in [2.75, 3.05) is 4.90 Å². The SMILES string of the molecule is c1ccc(-c2ccc(-c3ccccc3)c3c2c2cc(N(c4ccc(-c5cccnc5)cc4)c4ccc(-c5cccnc5)cc4)ccc2n3-c2ccccc2)cc1. The van der Waals surface area contributed by atoms with Crippen LogP contribution in [0.2, 0.25) is 0 Å². The van der Waals surface area contributed by atoms with E-state index in [2.05, 4.69) is 201 Å². The van der Waals surface area contributed by atoms with E-state index >= 15 is 0 Å². The third-order valence-electron chi connectivity index (χ3n) is 10.6. The molecular weight excluding hydrogens is 681 g/mol. The van der Waals surface area contributed by atoms with Crippen molar-refractivity contribution in [1.82, 2.24) is 14.5 Å². The van der Waals surface area contributed by atoms with E-state index in [1.54, 1.807) is 0 Å². The molecule has 0 spiro atoms. The molecule has 264 valence electrons. The first-order valence-electron chi connectivity index (χ1n) is 18.9. The summed E-state index contributed by atoms with van der Waals surface area (Å²) in [6, 6.07) is 69.5. The first-order valence-corrected chi connectivity index (χ1v) is 18.9. The Hall–Kier alpha value is -7.56. The molecule has 0 unspecified atom stereocenters. The smallest absolute Gasteiger partial charge is 0.0625 e. The Bertz CT molecular complexity index is 2820. The van der Waals surface area contributed by atoms with Gasteiger partial charge in [0.05, 0.1) is 11.0 Å². The lowest BCUT2D eigenvalue weighted by molar-refractivity contribution is 1.18. The molecule has 0 atom stereocenters. The lowest BCUT2D eigenvalue weighted by Crippen LogP contribution is -2.10. The molecule has 7 aromatic carbocycles. The average molecular weight is 717 g/mol. The summed E-state index contributed by atoms with van der Waals surface area (Å²) in [5.41, 5.74) is 15.8. The van der Waals surface area contributed by atoms with Crippen LogP contribution in [0.5, 0.6) is 0 Å². The second-order valence-electron chi connectivity index (χ2n) is 13.9. The van der Waals surface area contributed by atoms with E-state index in [4.69, 9.17) is 0 Å². The topological polar surface area (TPSA) is 34.0 Å². The molecule has 3 aromatic heterocycles. The van der Waals surface area contributed by atoms with Gasteiger partial charge < -0.3 is 9.47 Å². The van der Waals surface area contributed by atoms with Gasteiger partial charge in [-0.1, -0.05) is 127 Å². The maximum Gasteiger partial charge on any atom is 0.0625 e. The zero-order valence-electron chi connectivity index (χ0n) is 30.6. The first kappa shape index (κ1) is 33.0. The van der Waals surface area contributed by atoms with Crippen LogP contribution in [0.25, 0.3) is 72.0 Å². The Balaban J connectivity index is 1.24. The molecule has 0 aliphatic heterocycles. The molecule has 0 bridgehead atoms. The van der Waals surface area contributed by atoms with Gasteiger partial charge in [-0.2, -0.15) is 0 Å². The fraction of sp³-hybridized carbons (Fsp3) is 0. The second kappa shape index (κ2) is 14.3. The summed E-state index contributed by atoms with van der Waals surface area (Å²) in [6.07, 6.45) is 7.44. The van der Waals surface area contributed by atoms with Crippen molar-refractivity contribution in [2.24, 2.45) is 0 Å². The normalized spacial score (nSPS) is 11.2. The summed E-state index contributed by atoms with van der Waals surface area (Å²) < 4.78 is 2.44. The zero-order chi connectivity index (χ0) is 37.3. The molecule has 0 aliphatic carbocycles. The lowest BCUT2D eigenvalue weighted by atomic mass is 9.94. The van der Waals surface area contributed by atoms with Crippen LogP contribution in [0, 0.1) is 0 Å². The van der Waals surface area contributed by atoms with Crippen LogP contribution in [0.4, 0.5) is 17.1 Å². The summed E-state index contributed by atoms with van der Waals surface area (Å²) >= 11 is 0. The van der Waals surface area contributed by atoms with Gasteiger partial charge in [0.2, 0.25) is 0 Å². The Morgan fingerprint density at radius 2 is 0.857 bits per heavy atom. The summed E-state index contributed by atoms with van der Waals surface area (Å²) in [7, 11) is 0. The van der Waals surface area contributed by atoms with Gasteiger partial charge in [-0.15, -0.1) is 0 Å². The van der Waals surface area contributed by atoms with Gasteiger partial charge in [-0.3, -0.25) is 9.97 Å². The molecule has 0 amide bonds. The number of nitrogens with zero attached hydrogens (tertiary/aromatic N) is 4. The molecule has 0 aliphatic rings. The molecule has 56 heavy (non-hydrogen) atoms. The Morgan fingerprint density at radius 1 is 0.375 bits per heavy atom. The zero-order valence-corrected chi connectivity index (χ0v) is 30.6. The maximum absolute atomic E-state index is 4.36. The highest BCUT2D eigenvalue weighted by atomic mass is 15.1. The van der Waals surface area contributed by atoms with E-state index in [0.717, 1.165) is 50.5 Å². The molecule has 0 saturated carbocycles. The van der Waals surface area contributed by atoms with Gasteiger partial charge >= 0.3 is 0 Å². The molecule has 0 fully saturated rings. The average Bonchev–Trinajstić information content (AvgIpc) is 3.63. The fourth-order valence-electron chi connectivity index (χ4n) is 7.95.